The molecule has 0 saturated heterocycles. The molecule has 0 fully saturated rings. The van der Waals surface area contributed by atoms with Gasteiger partial charge in [-0.2, -0.15) is 0 Å². The number of fused-ring (bicyclic) bond motifs is 3. The monoisotopic (exact) mass is 924 g/mol. The maximum absolute atomic E-state index is 7.06. The van der Waals surface area contributed by atoms with E-state index < -0.39 is 0 Å². The molecule has 1 aliphatic heterocycles. The van der Waals surface area contributed by atoms with Gasteiger partial charge in [-0.05, 0) is 105 Å². The Kier molecular flexibility index (Phi) is 11.5. The van der Waals surface area contributed by atoms with Gasteiger partial charge in [0.15, 0.2) is 0 Å². The second-order valence-corrected chi connectivity index (χ2v) is 21.0. The molecular weight excluding hydrogens is 865 g/mol. The fraction of sp³-hybridized carbons (Fsp3) is 0.167. The number of rotatable bonds is 11. The van der Waals surface area contributed by atoms with E-state index in [4.69, 9.17) is 9.72 Å². The summed E-state index contributed by atoms with van der Waals surface area (Å²) in [5, 5.41) is 2.32. The highest BCUT2D eigenvalue weighted by Gasteiger charge is 2.32. The van der Waals surface area contributed by atoms with Gasteiger partial charge >= 0.3 is 0 Å². The molecule has 11 rings (SSSR count). The van der Waals surface area contributed by atoms with Crippen molar-refractivity contribution in [2.24, 2.45) is 0 Å². The first-order chi connectivity index (χ1) is 34.3. The largest absolute Gasteiger partial charge is 0.457 e. The molecule has 71 heavy (non-hydrogen) atoms. The van der Waals surface area contributed by atoms with Crippen LogP contribution in [0.2, 0.25) is 0 Å². The minimum atomic E-state index is -0.259. The van der Waals surface area contributed by atoms with E-state index in [9.17, 15) is 0 Å². The number of para-hydroxylation sites is 1. The Morgan fingerprint density at radius 1 is 0.423 bits per heavy atom. The van der Waals surface area contributed by atoms with Crippen LogP contribution in [0, 0.1) is 0 Å². The van der Waals surface area contributed by atoms with Crippen LogP contribution in [0.1, 0.15) is 81.8 Å². The molecule has 0 amide bonds. The Labute approximate surface area is 419 Å². The van der Waals surface area contributed by atoms with Crippen LogP contribution in [0.5, 0.6) is 11.5 Å². The van der Waals surface area contributed by atoms with Gasteiger partial charge in [-0.15, -0.1) is 0 Å². The topological polar surface area (TPSA) is 33.5 Å². The third kappa shape index (κ3) is 8.67. The zero-order valence-electron chi connectivity index (χ0n) is 41.8. The van der Waals surface area contributed by atoms with Crippen molar-refractivity contribution >= 4 is 38.9 Å². The van der Waals surface area contributed by atoms with Gasteiger partial charge in [0.1, 0.15) is 17.3 Å². The van der Waals surface area contributed by atoms with Crippen LogP contribution < -0.4 is 14.5 Å². The average molecular weight is 925 g/mol. The number of anilines is 2. The molecule has 5 heteroatoms. The van der Waals surface area contributed by atoms with E-state index in [-0.39, 0.29) is 16.2 Å². The van der Waals surface area contributed by atoms with Gasteiger partial charge in [0.2, 0.25) is 0 Å². The van der Waals surface area contributed by atoms with Crippen molar-refractivity contribution in [2.45, 2.75) is 64.7 Å². The Bertz CT molecular complexity index is 3500. The van der Waals surface area contributed by atoms with E-state index in [1.807, 2.05) is 6.20 Å². The van der Waals surface area contributed by atoms with E-state index in [0.29, 0.717) is 6.67 Å². The summed E-state index contributed by atoms with van der Waals surface area (Å²) in [7, 11) is 0. The van der Waals surface area contributed by atoms with Gasteiger partial charge in [0.05, 0.1) is 23.4 Å². The third-order valence-electron chi connectivity index (χ3n) is 14.6. The normalized spacial score (nSPS) is 13.3. The average Bonchev–Trinajstić information content (AvgIpc) is 4.00. The maximum Gasteiger partial charge on any atom is 0.137 e. The number of ether oxygens (including phenoxy) is 1. The van der Waals surface area contributed by atoms with Crippen LogP contribution >= 0.6 is 0 Å². The Morgan fingerprint density at radius 3 is 1.63 bits per heavy atom. The minimum absolute atomic E-state index is 0.0281. The number of hydrogen-bond acceptors (Lipinski definition) is 4. The van der Waals surface area contributed by atoms with Crippen LogP contribution in [-0.4, -0.2) is 16.2 Å². The number of hydrogen-bond donors (Lipinski definition) is 0. The van der Waals surface area contributed by atoms with Gasteiger partial charge in [0.25, 0.3) is 0 Å². The number of pyridine rings is 1. The van der Waals surface area contributed by atoms with E-state index in [1.54, 1.807) is 0 Å². The smallest absolute Gasteiger partial charge is 0.137 e. The summed E-state index contributed by atoms with van der Waals surface area (Å²) in [5.74, 6) is 2.39. The summed E-state index contributed by atoms with van der Waals surface area (Å²) in [6, 6.07) is 76.4. The summed E-state index contributed by atoms with van der Waals surface area (Å²) < 4.78 is 9.34. The minimum Gasteiger partial charge on any atom is -0.457 e. The Balaban J connectivity index is 1.03. The lowest BCUT2D eigenvalue weighted by Crippen LogP contribution is -2.28. The molecule has 350 valence electrons. The molecule has 0 N–H and O–H groups in total. The molecule has 0 saturated carbocycles. The predicted octanol–water partition coefficient (Wildman–Crippen LogP) is 16.9. The standard InChI is InChI=1S/C66H60N4O/c1-64(2,3)51-34-35-67-63(41-51)70-60-31-21-20-30-58(60)59-33-32-56(43-61(59)70)71-57-37-48(46-22-12-8-13-23-46)36-55(42-57)69-45-68(44-62(69)47-24-14-9-15-25-47)54-39-52(65(4,5)49-26-16-10-17-27-49)38-53(40-54)66(6,7)50-28-18-11-19-29-50/h8-44H,45H2,1-7H3. The summed E-state index contributed by atoms with van der Waals surface area (Å²) >= 11 is 0. The molecule has 0 radical (unpaired) electrons. The highest BCUT2D eigenvalue weighted by Crippen LogP contribution is 2.44. The molecule has 3 heterocycles. The van der Waals surface area contributed by atoms with Crippen molar-refractivity contribution in [3.63, 3.8) is 0 Å². The molecule has 10 aromatic rings. The lowest BCUT2D eigenvalue weighted by Gasteiger charge is -2.33. The summed E-state index contributed by atoms with van der Waals surface area (Å²) in [4.78, 5) is 9.79. The Morgan fingerprint density at radius 2 is 1.00 bits per heavy atom. The highest BCUT2D eigenvalue weighted by molar-refractivity contribution is 6.09. The molecule has 8 aromatic carbocycles. The maximum atomic E-state index is 7.06. The fourth-order valence-electron chi connectivity index (χ4n) is 10.2. The molecule has 2 aromatic heterocycles. The summed E-state index contributed by atoms with van der Waals surface area (Å²) in [6.07, 6.45) is 4.26. The van der Waals surface area contributed by atoms with Crippen LogP contribution in [-0.2, 0) is 16.2 Å². The lowest BCUT2D eigenvalue weighted by molar-refractivity contribution is 0.483. The van der Waals surface area contributed by atoms with Crippen molar-refractivity contribution in [1.29, 1.82) is 0 Å². The number of nitrogens with zero attached hydrogens (tertiary/aromatic N) is 4. The number of benzene rings is 8. The SMILES string of the molecule is CC(C)(C)c1ccnc(-n2c3ccccc3c3ccc(Oc4cc(-c5ccccc5)cc(N5CN(c6cc(C(C)(C)c7ccccc7)cc(C(C)(C)c7ccccc7)c6)C=C5c5ccccc5)c4)cc32)c1. The third-order valence-corrected chi connectivity index (χ3v) is 14.6. The van der Waals surface area contributed by atoms with Crippen molar-refractivity contribution in [3.05, 3.63) is 258 Å². The molecular formula is C66H60N4O. The van der Waals surface area contributed by atoms with Crippen LogP contribution in [0.3, 0.4) is 0 Å². The van der Waals surface area contributed by atoms with E-state index in [2.05, 4.69) is 281 Å². The first-order valence-electron chi connectivity index (χ1n) is 24.8. The van der Waals surface area contributed by atoms with Crippen molar-refractivity contribution < 1.29 is 4.74 Å². The second-order valence-electron chi connectivity index (χ2n) is 21.0. The van der Waals surface area contributed by atoms with Crippen molar-refractivity contribution in [1.82, 2.24) is 9.55 Å². The zero-order valence-corrected chi connectivity index (χ0v) is 41.8. The summed E-state index contributed by atoms with van der Waals surface area (Å²) in [6.45, 7) is 16.7. The molecule has 5 nitrogen and oxygen atoms in total. The fourth-order valence-corrected chi connectivity index (χ4v) is 10.2. The Hall–Kier alpha value is -8.15. The molecule has 0 bridgehead atoms. The number of aromatic nitrogens is 2. The van der Waals surface area contributed by atoms with Gasteiger partial charge in [-0.3, -0.25) is 4.57 Å². The van der Waals surface area contributed by atoms with Gasteiger partial charge in [-0.1, -0.05) is 194 Å². The van der Waals surface area contributed by atoms with Crippen LogP contribution in [0.4, 0.5) is 11.4 Å². The molecule has 0 spiro atoms. The molecule has 0 atom stereocenters. The van der Waals surface area contributed by atoms with Crippen LogP contribution in [0.15, 0.2) is 225 Å². The highest BCUT2D eigenvalue weighted by atomic mass is 16.5. The van der Waals surface area contributed by atoms with Gasteiger partial charge in [-0.25, -0.2) is 4.98 Å². The first kappa shape index (κ1) is 45.3. The van der Waals surface area contributed by atoms with E-state index >= 15 is 0 Å². The van der Waals surface area contributed by atoms with Crippen molar-refractivity contribution in [3.8, 4) is 28.4 Å². The van der Waals surface area contributed by atoms with E-state index in [1.165, 1.54) is 33.2 Å². The quantitative estimate of drug-likeness (QED) is 0.129. The molecule has 1 aliphatic rings. The van der Waals surface area contributed by atoms with Gasteiger partial charge in [0, 0.05) is 57.5 Å². The predicted molar refractivity (Wildman–Crippen MR) is 297 cm³/mol. The second kappa shape index (κ2) is 18.0. The zero-order chi connectivity index (χ0) is 48.9. The van der Waals surface area contributed by atoms with Crippen molar-refractivity contribution in [2.75, 3.05) is 16.5 Å². The summed E-state index contributed by atoms with van der Waals surface area (Å²) in [5.41, 5.74) is 14.5. The first-order valence-corrected chi connectivity index (χ1v) is 24.8. The van der Waals surface area contributed by atoms with E-state index in [0.717, 1.165) is 67.5 Å². The lowest BCUT2D eigenvalue weighted by atomic mass is 9.73. The van der Waals surface area contributed by atoms with Gasteiger partial charge < -0.3 is 14.5 Å². The van der Waals surface area contributed by atoms with Crippen LogP contribution in [0.25, 0.3) is 44.4 Å². The molecule has 0 unspecified atom stereocenters. The molecule has 0 aliphatic carbocycles.